The number of nitrogens with one attached hydrogen (secondary N) is 2. The molecule has 0 bridgehead atoms. The van der Waals surface area contributed by atoms with Crippen molar-refractivity contribution in [2.75, 3.05) is 56.2 Å². The molecule has 1 saturated heterocycles. The molecule has 6 nitrogen and oxygen atoms in total. The van der Waals surface area contributed by atoms with Gasteiger partial charge < -0.3 is 24.6 Å². The number of amides is 1. The van der Waals surface area contributed by atoms with Crippen LogP contribution in [-0.2, 0) is 4.79 Å². The highest BCUT2D eigenvalue weighted by atomic mass is 16.5. The quantitative estimate of drug-likeness (QED) is 0.729. The van der Waals surface area contributed by atoms with Crippen molar-refractivity contribution in [2.24, 2.45) is 0 Å². The maximum Gasteiger partial charge on any atom is 0.279 e. The first kappa shape index (κ1) is 20.0. The first-order valence-corrected chi connectivity index (χ1v) is 10.0. The molecule has 1 heterocycles. The fourth-order valence-electron chi connectivity index (χ4n) is 3.46. The molecule has 0 atom stereocenters. The summed E-state index contributed by atoms with van der Waals surface area (Å²) in [6.45, 7) is 9.24. The van der Waals surface area contributed by atoms with E-state index in [-0.39, 0.29) is 5.91 Å². The van der Waals surface area contributed by atoms with Crippen molar-refractivity contribution in [3.8, 4) is 11.5 Å². The highest BCUT2D eigenvalue weighted by Crippen LogP contribution is 2.29. The second-order valence-electron chi connectivity index (χ2n) is 6.82. The molecule has 2 aromatic rings. The van der Waals surface area contributed by atoms with Gasteiger partial charge in [0.05, 0.1) is 45.1 Å². The molecular weight excluding hydrogens is 354 g/mol. The van der Waals surface area contributed by atoms with Gasteiger partial charge in [-0.15, -0.1) is 0 Å². The van der Waals surface area contributed by atoms with Gasteiger partial charge in [0.25, 0.3) is 5.91 Å². The van der Waals surface area contributed by atoms with Gasteiger partial charge in [-0.1, -0.05) is 18.2 Å². The van der Waals surface area contributed by atoms with Gasteiger partial charge in [0.15, 0.2) is 6.54 Å². The average Bonchev–Trinajstić information content (AvgIpc) is 2.71. The van der Waals surface area contributed by atoms with E-state index in [1.165, 1.54) is 10.6 Å². The van der Waals surface area contributed by atoms with Crippen LogP contribution >= 0.6 is 0 Å². The molecule has 3 rings (SSSR count). The van der Waals surface area contributed by atoms with Gasteiger partial charge in [0.2, 0.25) is 0 Å². The number of ether oxygens (including phenoxy) is 2. The lowest BCUT2D eigenvalue weighted by Gasteiger charge is -2.33. The van der Waals surface area contributed by atoms with Gasteiger partial charge in [-0.05, 0) is 38.1 Å². The first-order valence-electron chi connectivity index (χ1n) is 10.0. The van der Waals surface area contributed by atoms with E-state index in [1.807, 2.05) is 38.1 Å². The Kier molecular flexibility index (Phi) is 7.14. The predicted octanol–water partition coefficient (Wildman–Crippen LogP) is 1.83. The van der Waals surface area contributed by atoms with E-state index in [0.29, 0.717) is 31.2 Å². The molecule has 0 spiro atoms. The smallest absolute Gasteiger partial charge is 0.279 e. The van der Waals surface area contributed by atoms with E-state index >= 15 is 0 Å². The van der Waals surface area contributed by atoms with Gasteiger partial charge in [0.1, 0.15) is 11.5 Å². The molecule has 1 amide bonds. The van der Waals surface area contributed by atoms with Crippen LogP contribution in [0, 0.1) is 0 Å². The van der Waals surface area contributed by atoms with E-state index in [9.17, 15) is 4.79 Å². The Morgan fingerprint density at radius 1 is 1.04 bits per heavy atom. The number of quaternary nitrogens is 1. The lowest BCUT2D eigenvalue weighted by molar-refractivity contribution is -0.892. The van der Waals surface area contributed by atoms with Crippen LogP contribution in [0.4, 0.5) is 11.4 Å². The van der Waals surface area contributed by atoms with Crippen LogP contribution in [0.25, 0.3) is 0 Å². The van der Waals surface area contributed by atoms with E-state index < -0.39 is 0 Å². The summed E-state index contributed by atoms with van der Waals surface area (Å²) in [5.41, 5.74) is 1.92. The molecule has 150 valence electrons. The predicted molar refractivity (Wildman–Crippen MR) is 112 cm³/mol. The second kappa shape index (κ2) is 9.99. The molecule has 0 unspecified atom stereocenters. The van der Waals surface area contributed by atoms with Gasteiger partial charge >= 0.3 is 0 Å². The van der Waals surface area contributed by atoms with Gasteiger partial charge in [-0.3, -0.25) is 4.79 Å². The van der Waals surface area contributed by atoms with E-state index in [2.05, 4.69) is 34.5 Å². The standard InChI is InChI=1S/C22H29N3O3/c1-3-27-19-10-11-21(28-4-2)20(16-19)23-22(26)17-24-12-14-25(15-13-24)18-8-6-5-7-9-18/h5-11,16H,3-4,12-15,17H2,1-2H3,(H,23,26)/p+1. The summed E-state index contributed by atoms with van der Waals surface area (Å²) in [6.07, 6.45) is 0. The highest BCUT2D eigenvalue weighted by Gasteiger charge is 2.23. The number of rotatable bonds is 8. The number of nitrogens with zero attached hydrogens (tertiary/aromatic N) is 1. The van der Waals surface area contributed by atoms with E-state index in [4.69, 9.17) is 9.47 Å². The van der Waals surface area contributed by atoms with E-state index in [1.54, 1.807) is 0 Å². The number of benzene rings is 2. The van der Waals surface area contributed by atoms with Crippen molar-refractivity contribution >= 4 is 17.3 Å². The maximum atomic E-state index is 12.6. The number of carbonyl (C=O) groups is 1. The third-order valence-electron chi connectivity index (χ3n) is 4.84. The Hall–Kier alpha value is -2.73. The summed E-state index contributed by atoms with van der Waals surface area (Å²) in [5, 5.41) is 3.01. The molecule has 2 aromatic carbocycles. The summed E-state index contributed by atoms with van der Waals surface area (Å²) in [6, 6.07) is 16.0. The third kappa shape index (κ3) is 5.39. The molecule has 0 aromatic heterocycles. The lowest BCUT2D eigenvalue weighted by atomic mass is 10.2. The fourth-order valence-corrected chi connectivity index (χ4v) is 3.46. The molecule has 6 heteroatoms. The maximum absolute atomic E-state index is 12.6. The molecule has 0 radical (unpaired) electrons. The molecule has 0 saturated carbocycles. The van der Waals surface area contributed by atoms with Crippen molar-refractivity contribution < 1.29 is 19.2 Å². The third-order valence-corrected chi connectivity index (χ3v) is 4.84. The minimum atomic E-state index is -0.00207. The van der Waals surface area contributed by atoms with Gasteiger partial charge in [-0.2, -0.15) is 0 Å². The number of carbonyl (C=O) groups excluding carboxylic acids is 1. The van der Waals surface area contributed by atoms with Gasteiger partial charge in [-0.25, -0.2) is 0 Å². The normalized spacial score (nSPS) is 14.6. The zero-order valence-corrected chi connectivity index (χ0v) is 16.7. The Balaban J connectivity index is 1.55. The van der Waals surface area contributed by atoms with Crippen LogP contribution in [0.5, 0.6) is 11.5 Å². The fraction of sp³-hybridized carbons (Fsp3) is 0.409. The van der Waals surface area contributed by atoms with Crippen molar-refractivity contribution in [3.05, 3.63) is 48.5 Å². The van der Waals surface area contributed by atoms with Crippen molar-refractivity contribution in [3.63, 3.8) is 0 Å². The summed E-state index contributed by atoms with van der Waals surface area (Å²) < 4.78 is 11.2. The van der Waals surface area contributed by atoms with Crippen LogP contribution in [0.2, 0.25) is 0 Å². The van der Waals surface area contributed by atoms with Crippen LogP contribution < -0.4 is 24.6 Å². The number of anilines is 2. The van der Waals surface area contributed by atoms with Crippen molar-refractivity contribution in [1.29, 1.82) is 0 Å². The van der Waals surface area contributed by atoms with Crippen LogP contribution in [-0.4, -0.2) is 51.8 Å². The molecular formula is C22H30N3O3+. The van der Waals surface area contributed by atoms with Crippen molar-refractivity contribution in [1.82, 2.24) is 0 Å². The first-order chi connectivity index (χ1) is 13.7. The average molecular weight is 385 g/mol. The van der Waals surface area contributed by atoms with Crippen molar-refractivity contribution in [2.45, 2.75) is 13.8 Å². The number of hydrogen-bond donors (Lipinski definition) is 2. The zero-order valence-electron chi connectivity index (χ0n) is 16.7. The van der Waals surface area contributed by atoms with Gasteiger partial charge in [0, 0.05) is 11.8 Å². The zero-order chi connectivity index (χ0) is 19.8. The summed E-state index contributed by atoms with van der Waals surface area (Å²) in [5.74, 6) is 1.39. The molecule has 0 aliphatic carbocycles. The SMILES string of the molecule is CCOc1ccc(OCC)c(NC(=O)C[NH+]2CCN(c3ccccc3)CC2)c1. The summed E-state index contributed by atoms with van der Waals surface area (Å²) >= 11 is 0. The minimum Gasteiger partial charge on any atom is -0.494 e. The summed E-state index contributed by atoms with van der Waals surface area (Å²) in [4.78, 5) is 16.3. The molecule has 2 N–H and O–H groups in total. The lowest BCUT2D eigenvalue weighted by Crippen LogP contribution is -3.15. The number of para-hydroxylation sites is 1. The van der Waals surface area contributed by atoms with Crippen LogP contribution in [0.1, 0.15) is 13.8 Å². The Morgan fingerprint density at radius 2 is 1.75 bits per heavy atom. The Morgan fingerprint density at radius 3 is 2.43 bits per heavy atom. The molecule has 1 fully saturated rings. The monoisotopic (exact) mass is 384 g/mol. The largest absolute Gasteiger partial charge is 0.494 e. The molecule has 1 aliphatic rings. The second-order valence-corrected chi connectivity index (χ2v) is 6.82. The Labute approximate surface area is 167 Å². The number of hydrogen-bond acceptors (Lipinski definition) is 4. The molecule has 28 heavy (non-hydrogen) atoms. The van der Waals surface area contributed by atoms with Crippen LogP contribution in [0.3, 0.4) is 0 Å². The van der Waals surface area contributed by atoms with E-state index in [0.717, 1.165) is 31.9 Å². The highest BCUT2D eigenvalue weighted by molar-refractivity contribution is 5.93. The number of piperazine rings is 1. The Bertz CT molecular complexity index is 759. The van der Waals surface area contributed by atoms with Crippen LogP contribution in [0.15, 0.2) is 48.5 Å². The topological polar surface area (TPSA) is 55.2 Å². The molecule has 1 aliphatic heterocycles. The summed E-state index contributed by atoms with van der Waals surface area (Å²) in [7, 11) is 0. The minimum absolute atomic E-state index is 0.00207.